The van der Waals surface area contributed by atoms with Gasteiger partial charge in [-0.1, -0.05) is 19.3 Å². The average molecular weight is 195 g/mol. The van der Waals surface area contributed by atoms with Crippen molar-refractivity contribution in [1.29, 1.82) is 0 Å². The van der Waals surface area contributed by atoms with Crippen molar-refractivity contribution in [3.8, 4) is 5.75 Å². The van der Waals surface area contributed by atoms with Crippen LogP contribution in [0.15, 0.2) is 18.2 Å². The SMILES string of the molecule is [OH2+]c1ccc(F)cc1CCCC1CC1. The van der Waals surface area contributed by atoms with Crippen LogP contribution >= 0.6 is 0 Å². The Kier molecular flexibility index (Phi) is 2.71. The first kappa shape index (κ1) is 9.50. The van der Waals surface area contributed by atoms with Crippen LogP contribution in [0.1, 0.15) is 31.2 Å². The van der Waals surface area contributed by atoms with Crippen LogP contribution in [-0.4, -0.2) is 5.11 Å². The molecule has 2 rings (SSSR count). The van der Waals surface area contributed by atoms with Crippen molar-refractivity contribution in [3.63, 3.8) is 0 Å². The highest BCUT2D eigenvalue weighted by Crippen LogP contribution is 2.34. The topological polar surface area (TPSA) is 22.9 Å². The van der Waals surface area contributed by atoms with E-state index in [1.807, 2.05) is 0 Å². The van der Waals surface area contributed by atoms with Gasteiger partial charge in [-0.25, -0.2) is 4.39 Å². The average Bonchev–Trinajstić information content (AvgIpc) is 2.95. The van der Waals surface area contributed by atoms with Crippen molar-refractivity contribution in [3.05, 3.63) is 29.6 Å². The second-order valence-corrected chi connectivity index (χ2v) is 4.14. The third-order valence-electron chi connectivity index (χ3n) is 2.82. The fourth-order valence-electron chi connectivity index (χ4n) is 1.76. The summed E-state index contributed by atoms with van der Waals surface area (Å²) in [5, 5.41) is 7.60. The van der Waals surface area contributed by atoms with E-state index in [9.17, 15) is 4.39 Å². The molecular weight excluding hydrogens is 179 g/mol. The zero-order chi connectivity index (χ0) is 9.97. The second-order valence-electron chi connectivity index (χ2n) is 4.14. The summed E-state index contributed by atoms with van der Waals surface area (Å²) in [6, 6.07) is 4.39. The van der Waals surface area contributed by atoms with E-state index >= 15 is 0 Å². The molecule has 2 heteroatoms. The molecule has 0 unspecified atom stereocenters. The van der Waals surface area contributed by atoms with Gasteiger partial charge >= 0.3 is 0 Å². The summed E-state index contributed by atoms with van der Waals surface area (Å²) in [5.74, 6) is 1.18. The highest BCUT2D eigenvalue weighted by molar-refractivity contribution is 5.32. The first-order valence-corrected chi connectivity index (χ1v) is 5.26. The van der Waals surface area contributed by atoms with Crippen molar-refractivity contribution < 1.29 is 9.50 Å². The van der Waals surface area contributed by atoms with Gasteiger partial charge in [0, 0.05) is 6.07 Å². The summed E-state index contributed by atoms with van der Waals surface area (Å²) in [7, 11) is 0. The van der Waals surface area contributed by atoms with Crippen molar-refractivity contribution in [2.45, 2.75) is 32.1 Å². The quantitative estimate of drug-likeness (QED) is 0.659. The zero-order valence-corrected chi connectivity index (χ0v) is 8.22. The highest BCUT2D eigenvalue weighted by Gasteiger charge is 2.20. The van der Waals surface area contributed by atoms with Crippen molar-refractivity contribution in [2.24, 2.45) is 5.92 Å². The first-order chi connectivity index (χ1) is 6.75. The Morgan fingerprint density at radius 1 is 1.36 bits per heavy atom. The Balaban J connectivity index is 1.89. The van der Waals surface area contributed by atoms with Gasteiger partial charge < -0.3 is 5.11 Å². The van der Waals surface area contributed by atoms with E-state index in [0.29, 0.717) is 5.75 Å². The van der Waals surface area contributed by atoms with Gasteiger partial charge in [0.1, 0.15) is 5.82 Å². The van der Waals surface area contributed by atoms with Crippen LogP contribution in [0.4, 0.5) is 4.39 Å². The lowest BCUT2D eigenvalue weighted by atomic mass is 10.1. The maximum atomic E-state index is 12.9. The molecule has 0 atom stereocenters. The van der Waals surface area contributed by atoms with E-state index in [1.54, 1.807) is 6.07 Å². The summed E-state index contributed by atoms with van der Waals surface area (Å²) < 4.78 is 12.9. The molecule has 0 bridgehead atoms. The fraction of sp³-hybridized carbons (Fsp3) is 0.500. The molecule has 14 heavy (non-hydrogen) atoms. The van der Waals surface area contributed by atoms with Gasteiger partial charge in [0.05, 0.1) is 5.56 Å². The molecule has 0 amide bonds. The van der Waals surface area contributed by atoms with Gasteiger partial charge in [-0.15, -0.1) is 0 Å². The monoisotopic (exact) mass is 195 g/mol. The van der Waals surface area contributed by atoms with Crippen molar-refractivity contribution >= 4 is 0 Å². The lowest BCUT2D eigenvalue weighted by Crippen LogP contribution is -1.89. The Hall–Kier alpha value is -1.05. The number of aryl methyl sites for hydroxylation is 1. The number of hydrogen-bond donors (Lipinski definition) is 0. The lowest BCUT2D eigenvalue weighted by molar-refractivity contribution is 0.463. The van der Waals surface area contributed by atoms with E-state index < -0.39 is 0 Å². The molecule has 0 saturated heterocycles. The van der Waals surface area contributed by atoms with Crippen LogP contribution in [0.25, 0.3) is 0 Å². The normalized spacial score (nSPS) is 15.8. The number of hydrogen-bond acceptors (Lipinski definition) is 0. The lowest BCUT2D eigenvalue weighted by Gasteiger charge is -2.01. The van der Waals surface area contributed by atoms with Gasteiger partial charge in [-0.05, 0) is 30.9 Å². The molecule has 1 saturated carbocycles. The van der Waals surface area contributed by atoms with E-state index in [2.05, 4.69) is 0 Å². The van der Waals surface area contributed by atoms with E-state index in [-0.39, 0.29) is 5.82 Å². The van der Waals surface area contributed by atoms with Gasteiger partial charge in [0.15, 0.2) is 0 Å². The predicted octanol–water partition coefficient (Wildman–Crippen LogP) is 3.00. The van der Waals surface area contributed by atoms with Gasteiger partial charge in [-0.2, -0.15) is 0 Å². The molecule has 1 nitrogen and oxygen atoms in total. The number of benzene rings is 1. The fourth-order valence-corrected chi connectivity index (χ4v) is 1.76. The minimum Gasteiger partial charge on any atom is -0.593 e. The maximum Gasteiger partial charge on any atom is 0.257 e. The molecule has 1 aromatic rings. The van der Waals surface area contributed by atoms with E-state index in [1.165, 1.54) is 31.4 Å². The molecule has 2 N–H and O–H groups in total. The van der Waals surface area contributed by atoms with Crippen molar-refractivity contribution in [2.75, 3.05) is 0 Å². The predicted molar refractivity (Wildman–Crippen MR) is 55.1 cm³/mol. The van der Waals surface area contributed by atoms with Crippen LogP contribution < -0.4 is 0 Å². The minimum absolute atomic E-state index is 0.220. The standard InChI is InChI=1S/C12H15FO/c13-11-6-7-12(14)10(8-11)3-1-2-9-4-5-9/h6-9,14H,1-5H2/p+1. The molecular formula is C12H16FO+. The molecule has 1 aromatic carbocycles. The molecule has 0 radical (unpaired) electrons. The summed E-state index contributed by atoms with van der Waals surface area (Å²) in [4.78, 5) is 0. The summed E-state index contributed by atoms with van der Waals surface area (Å²) in [6.45, 7) is 0. The Labute approximate surface area is 83.6 Å². The maximum absolute atomic E-state index is 12.9. The molecule has 1 aliphatic carbocycles. The van der Waals surface area contributed by atoms with Crippen LogP contribution in [0, 0.1) is 11.7 Å². The molecule has 0 spiro atoms. The van der Waals surface area contributed by atoms with Crippen molar-refractivity contribution in [1.82, 2.24) is 0 Å². The minimum atomic E-state index is -0.220. The van der Waals surface area contributed by atoms with Crippen LogP contribution in [0.3, 0.4) is 0 Å². The molecule has 0 heterocycles. The Morgan fingerprint density at radius 2 is 2.14 bits per heavy atom. The zero-order valence-electron chi connectivity index (χ0n) is 8.22. The molecule has 76 valence electrons. The van der Waals surface area contributed by atoms with Crippen LogP contribution in [-0.2, 0) is 6.42 Å². The van der Waals surface area contributed by atoms with Crippen LogP contribution in [0.2, 0.25) is 0 Å². The second kappa shape index (κ2) is 3.99. The third kappa shape index (κ3) is 2.47. The Morgan fingerprint density at radius 3 is 2.86 bits per heavy atom. The molecule has 1 aliphatic rings. The summed E-state index contributed by atoms with van der Waals surface area (Å²) in [5.41, 5.74) is 0.852. The van der Waals surface area contributed by atoms with Gasteiger partial charge in [0.25, 0.3) is 5.75 Å². The summed E-state index contributed by atoms with van der Waals surface area (Å²) in [6.07, 6.45) is 5.94. The first-order valence-electron chi connectivity index (χ1n) is 5.26. The van der Waals surface area contributed by atoms with E-state index in [4.69, 9.17) is 5.11 Å². The highest BCUT2D eigenvalue weighted by atomic mass is 19.1. The smallest absolute Gasteiger partial charge is 0.257 e. The van der Waals surface area contributed by atoms with Gasteiger partial charge in [0.2, 0.25) is 0 Å². The van der Waals surface area contributed by atoms with Crippen LogP contribution in [0.5, 0.6) is 5.75 Å². The molecule has 0 aliphatic heterocycles. The number of rotatable bonds is 4. The largest absolute Gasteiger partial charge is 0.593 e. The number of halogens is 1. The summed E-state index contributed by atoms with van der Waals surface area (Å²) >= 11 is 0. The van der Waals surface area contributed by atoms with Gasteiger partial charge in [-0.3, -0.25) is 0 Å². The Bertz CT molecular complexity index is 318. The van der Waals surface area contributed by atoms with E-state index in [0.717, 1.165) is 24.3 Å². The molecule has 1 fully saturated rings. The third-order valence-corrected chi connectivity index (χ3v) is 2.82. The molecule has 0 aromatic heterocycles.